The summed E-state index contributed by atoms with van der Waals surface area (Å²) < 4.78 is 42.7. The van der Waals surface area contributed by atoms with E-state index >= 15 is 0 Å². The van der Waals surface area contributed by atoms with Crippen LogP contribution >= 0.6 is 0 Å². The number of methoxy groups -OCH3 is 4. The summed E-state index contributed by atoms with van der Waals surface area (Å²) in [5, 5.41) is 12.6. The molecule has 4 unspecified atom stereocenters. The third-order valence-corrected chi connectivity index (χ3v) is 7.05. The first-order valence-corrected chi connectivity index (χ1v) is 14.4. The lowest BCUT2D eigenvalue weighted by Crippen LogP contribution is -2.46. The Kier molecular flexibility index (Phi) is 12.6. The van der Waals surface area contributed by atoms with E-state index < -0.39 is 77.9 Å². The van der Waals surface area contributed by atoms with Crippen molar-refractivity contribution >= 4 is 29.8 Å². The fourth-order valence-corrected chi connectivity index (χ4v) is 4.52. The van der Waals surface area contributed by atoms with E-state index in [0.29, 0.717) is 0 Å². The van der Waals surface area contributed by atoms with E-state index in [-0.39, 0.29) is 41.6 Å². The summed E-state index contributed by atoms with van der Waals surface area (Å²) in [5.41, 5.74) is -0.385. The molecule has 2 N–H and O–H groups in total. The Labute approximate surface area is 270 Å². The molecule has 1 aliphatic rings. The van der Waals surface area contributed by atoms with Gasteiger partial charge in [-0.05, 0) is 25.5 Å². The Morgan fingerprint density at radius 2 is 1.64 bits per heavy atom. The van der Waals surface area contributed by atoms with Gasteiger partial charge in [-0.3, -0.25) is 14.4 Å². The van der Waals surface area contributed by atoms with Crippen LogP contribution in [0.3, 0.4) is 0 Å². The molecule has 1 fully saturated rings. The van der Waals surface area contributed by atoms with Gasteiger partial charge in [0.1, 0.15) is 18.6 Å². The molecule has 2 aromatic rings. The van der Waals surface area contributed by atoms with E-state index in [9.17, 15) is 29.1 Å². The van der Waals surface area contributed by atoms with Crippen LogP contribution in [0.25, 0.3) is 0 Å². The van der Waals surface area contributed by atoms with Crippen LogP contribution in [0.1, 0.15) is 48.0 Å². The maximum absolute atomic E-state index is 13.4. The van der Waals surface area contributed by atoms with E-state index in [0.717, 1.165) is 0 Å². The van der Waals surface area contributed by atoms with Gasteiger partial charge in [0.2, 0.25) is 5.75 Å². The molecule has 1 amide bonds. The molecule has 1 aromatic carbocycles. The summed E-state index contributed by atoms with van der Waals surface area (Å²) >= 11 is 0. The predicted molar refractivity (Wildman–Crippen MR) is 159 cm³/mol. The van der Waals surface area contributed by atoms with Gasteiger partial charge in [-0.1, -0.05) is 13.8 Å². The molecule has 0 radical (unpaired) electrons. The molecule has 1 saturated heterocycles. The van der Waals surface area contributed by atoms with Gasteiger partial charge < -0.3 is 48.3 Å². The fraction of sp³-hybridized carbons (Fsp3) is 0.484. The SMILES string of the molecule is COc1ccnc(C(=O)NC2COC(=O)C(CCOC(=O)c3cc(OC)c(OC)c(OC)c3)C(OC(=O)C(C)C)C(C)OC2=O)c1O. The number of rotatable bonds is 12. The summed E-state index contributed by atoms with van der Waals surface area (Å²) in [5.74, 6) is -6.15. The Morgan fingerprint density at radius 3 is 2.21 bits per heavy atom. The second-order valence-electron chi connectivity index (χ2n) is 10.5. The van der Waals surface area contributed by atoms with Gasteiger partial charge in [0, 0.05) is 12.3 Å². The zero-order valence-electron chi connectivity index (χ0n) is 27.0. The van der Waals surface area contributed by atoms with Crippen LogP contribution in [-0.2, 0) is 33.3 Å². The van der Waals surface area contributed by atoms with Crippen molar-refractivity contribution < 1.29 is 67.0 Å². The van der Waals surface area contributed by atoms with E-state index in [1.807, 2.05) is 0 Å². The number of ether oxygens (including phenoxy) is 8. The monoisotopic (exact) mass is 662 g/mol. The summed E-state index contributed by atoms with van der Waals surface area (Å²) in [6.07, 6.45) is -1.55. The number of cyclic esters (lactones) is 2. The maximum atomic E-state index is 13.4. The number of hydrogen-bond acceptors (Lipinski definition) is 15. The Balaban J connectivity index is 1.82. The zero-order chi connectivity index (χ0) is 34.8. The van der Waals surface area contributed by atoms with Crippen LogP contribution < -0.4 is 24.3 Å². The highest BCUT2D eigenvalue weighted by Gasteiger charge is 2.42. The van der Waals surface area contributed by atoms with Crippen molar-refractivity contribution in [3.8, 4) is 28.7 Å². The lowest BCUT2D eigenvalue weighted by atomic mass is 9.94. The standard InChI is InChI=1S/C31H38N2O14/c1-15(2)28(36)47-25-16(3)46-31(39)19(33-27(35)23-24(34)20(40-4)8-10-32-23)14-45-30(38)18(25)9-11-44-29(37)17-12-21(41-5)26(43-7)22(13-17)42-6/h8,10,12-13,15-16,18-19,25,34H,9,11,14H2,1-7H3,(H,33,35). The molecule has 2 heterocycles. The summed E-state index contributed by atoms with van der Waals surface area (Å²) in [7, 11) is 5.46. The number of carbonyl (C=O) groups excluding carboxylic acids is 5. The van der Waals surface area contributed by atoms with Crippen molar-refractivity contribution in [2.45, 2.75) is 45.4 Å². The third-order valence-electron chi connectivity index (χ3n) is 7.05. The van der Waals surface area contributed by atoms with Crippen molar-refractivity contribution in [2.24, 2.45) is 11.8 Å². The smallest absolute Gasteiger partial charge is 0.338 e. The maximum Gasteiger partial charge on any atom is 0.338 e. The average Bonchev–Trinajstić information content (AvgIpc) is 3.09. The van der Waals surface area contributed by atoms with E-state index in [2.05, 4.69) is 10.3 Å². The van der Waals surface area contributed by atoms with Gasteiger partial charge in [-0.2, -0.15) is 0 Å². The summed E-state index contributed by atoms with van der Waals surface area (Å²) in [6, 6.07) is 2.58. The molecule has 0 spiro atoms. The minimum Gasteiger partial charge on any atom is -0.503 e. The number of esters is 4. The average molecular weight is 663 g/mol. The van der Waals surface area contributed by atoms with E-state index in [1.165, 1.54) is 59.8 Å². The molecule has 0 bridgehead atoms. The number of benzene rings is 1. The van der Waals surface area contributed by atoms with Crippen molar-refractivity contribution in [2.75, 3.05) is 41.7 Å². The van der Waals surface area contributed by atoms with Gasteiger partial charge in [-0.15, -0.1) is 0 Å². The van der Waals surface area contributed by atoms with Crippen LogP contribution in [0.4, 0.5) is 0 Å². The molecular weight excluding hydrogens is 624 g/mol. The molecule has 16 nitrogen and oxygen atoms in total. The minimum atomic E-state index is -1.53. The highest BCUT2D eigenvalue weighted by atomic mass is 16.6. The van der Waals surface area contributed by atoms with E-state index in [1.54, 1.807) is 13.8 Å². The Morgan fingerprint density at radius 1 is 1.00 bits per heavy atom. The van der Waals surface area contributed by atoms with Gasteiger partial charge >= 0.3 is 23.9 Å². The Hall–Kier alpha value is -5.28. The molecule has 1 aliphatic heterocycles. The molecule has 16 heteroatoms. The molecule has 4 atom stereocenters. The number of nitrogens with one attached hydrogen (secondary N) is 1. The second-order valence-corrected chi connectivity index (χ2v) is 10.5. The van der Waals surface area contributed by atoms with Gasteiger partial charge in [0.25, 0.3) is 5.91 Å². The molecule has 256 valence electrons. The molecule has 0 aliphatic carbocycles. The Bertz CT molecular complexity index is 1450. The number of aromatic hydroxyl groups is 1. The lowest BCUT2D eigenvalue weighted by Gasteiger charge is -2.29. The quantitative estimate of drug-likeness (QED) is 0.246. The van der Waals surface area contributed by atoms with Crippen molar-refractivity contribution in [1.82, 2.24) is 10.3 Å². The summed E-state index contributed by atoms with van der Waals surface area (Å²) in [4.78, 5) is 68.8. The topological polar surface area (TPSA) is 204 Å². The first-order chi connectivity index (χ1) is 22.4. The molecule has 47 heavy (non-hydrogen) atoms. The number of pyridine rings is 1. The van der Waals surface area contributed by atoms with Gasteiger partial charge in [0.15, 0.2) is 40.8 Å². The van der Waals surface area contributed by atoms with E-state index in [4.69, 9.17) is 37.9 Å². The first-order valence-electron chi connectivity index (χ1n) is 14.4. The minimum absolute atomic E-state index is 0.0362. The molecular formula is C31H38N2O14. The first kappa shape index (κ1) is 36.2. The number of nitrogens with zero attached hydrogens (tertiary/aromatic N) is 1. The van der Waals surface area contributed by atoms with Crippen LogP contribution in [0.2, 0.25) is 0 Å². The molecule has 3 rings (SSSR count). The van der Waals surface area contributed by atoms with Crippen molar-refractivity contribution in [1.29, 1.82) is 0 Å². The molecule has 0 saturated carbocycles. The number of carbonyl (C=O) groups is 5. The highest BCUT2D eigenvalue weighted by Crippen LogP contribution is 2.38. The van der Waals surface area contributed by atoms with Crippen LogP contribution in [0.5, 0.6) is 28.7 Å². The van der Waals surface area contributed by atoms with Crippen LogP contribution in [0, 0.1) is 11.8 Å². The highest BCUT2D eigenvalue weighted by molar-refractivity contribution is 5.98. The molecule has 1 aromatic heterocycles. The fourth-order valence-electron chi connectivity index (χ4n) is 4.52. The van der Waals surface area contributed by atoms with Crippen LogP contribution in [-0.4, -0.2) is 99.8 Å². The van der Waals surface area contributed by atoms with Gasteiger partial charge in [0.05, 0.1) is 46.5 Å². The van der Waals surface area contributed by atoms with Gasteiger partial charge in [-0.25, -0.2) is 14.6 Å². The van der Waals surface area contributed by atoms with Crippen molar-refractivity contribution in [3.05, 3.63) is 35.7 Å². The van der Waals surface area contributed by atoms with Crippen molar-refractivity contribution in [3.63, 3.8) is 0 Å². The summed E-state index contributed by atoms with van der Waals surface area (Å²) in [6.45, 7) is 3.54. The van der Waals surface area contributed by atoms with Crippen LogP contribution in [0.15, 0.2) is 24.4 Å². The zero-order valence-corrected chi connectivity index (χ0v) is 27.0. The third kappa shape index (κ3) is 8.71. The number of amides is 1. The lowest BCUT2D eigenvalue weighted by molar-refractivity contribution is -0.177. The number of aromatic nitrogens is 1. The number of hydrogen-bond donors (Lipinski definition) is 2. The second kappa shape index (κ2) is 16.3. The normalized spacial score (nSPS) is 19.6. The predicted octanol–water partition coefficient (Wildman–Crippen LogP) is 1.84. The largest absolute Gasteiger partial charge is 0.503 e.